The van der Waals surface area contributed by atoms with Crippen molar-refractivity contribution in [1.29, 1.82) is 0 Å². The quantitative estimate of drug-likeness (QED) is 0.743. The number of carbonyl (C=O) groups is 1. The Kier molecular flexibility index (Phi) is 2.90. The number of carboxylic acid groups (broad SMARTS) is 1. The minimum atomic E-state index is -1.01. The van der Waals surface area contributed by atoms with Gasteiger partial charge < -0.3 is 10.2 Å². The Morgan fingerprint density at radius 3 is 2.50 bits per heavy atom. The molecule has 1 aromatic heterocycles. The molecule has 14 heavy (non-hydrogen) atoms. The van der Waals surface area contributed by atoms with Crippen LogP contribution in [0, 0.1) is 13.8 Å². The van der Waals surface area contributed by atoms with E-state index in [1.807, 2.05) is 0 Å². The third-order valence-electron chi connectivity index (χ3n) is 2.27. The van der Waals surface area contributed by atoms with Crippen LogP contribution in [0.5, 0.6) is 0 Å². The second-order valence-corrected chi connectivity index (χ2v) is 3.32. The fraction of sp³-hybridized carbons (Fsp3) is 0.556. The summed E-state index contributed by atoms with van der Waals surface area (Å²) in [6.45, 7) is 3.56. The van der Waals surface area contributed by atoms with E-state index in [0.717, 1.165) is 5.69 Å². The van der Waals surface area contributed by atoms with Gasteiger partial charge in [0.05, 0.1) is 18.2 Å². The minimum absolute atomic E-state index is 0.284. The molecule has 5 nitrogen and oxygen atoms in total. The smallest absolute Gasteiger partial charge is 0.306 e. The molecular weight excluding hydrogens is 184 g/mol. The van der Waals surface area contributed by atoms with Gasteiger partial charge in [-0.05, 0) is 13.8 Å². The molecule has 2 N–H and O–H groups in total. The largest absolute Gasteiger partial charge is 0.481 e. The third-order valence-corrected chi connectivity index (χ3v) is 2.27. The molecule has 1 heterocycles. The maximum absolute atomic E-state index is 10.4. The van der Waals surface area contributed by atoms with Crippen LogP contribution in [0.25, 0.3) is 0 Å². The molecule has 1 rings (SSSR count). The number of hydrogen-bond acceptors (Lipinski definition) is 3. The molecule has 0 aliphatic heterocycles. The molecule has 0 spiro atoms. The van der Waals surface area contributed by atoms with E-state index in [1.165, 1.54) is 0 Å². The summed E-state index contributed by atoms with van der Waals surface area (Å²) in [5.41, 5.74) is 2.10. The van der Waals surface area contributed by atoms with Crippen LogP contribution >= 0.6 is 0 Å². The number of aliphatic hydroxyl groups excluding tert-OH is 1. The number of nitrogens with zero attached hydrogens (tertiary/aromatic N) is 2. The Hall–Kier alpha value is -1.36. The number of aliphatic hydroxyl groups is 1. The summed E-state index contributed by atoms with van der Waals surface area (Å²) in [6, 6.07) is 0. The van der Waals surface area contributed by atoms with Crippen LogP contribution in [0.1, 0.15) is 29.5 Å². The van der Waals surface area contributed by atoms with Crippen molar-refractivity contribution in [3.63, 3.8) is 0 Å². The van der Waals surface area contributed by atoms with Crippen molar-refractivity contribution < 1.29 is 15.0 Å². The number of aliphatic carboxylic acids is 1. The summed E-state index contributed by atoms with van der Waals surface area (Å²) in [5, 5.41) is 22.3. The zero-order valence-corrected chi connectivity index (χ0v) is 8.48. The molecule has 5 heteroatoms. The van der Waals surface area contributed by atoms with Crippen molar-refractivity contribution in [3.8, 4) is 0 Å². The van der Waals surface area contributed by atoms with Gasteiger partial charge in [0.25, 0.3) is 0 Å². The lowest BCUT2D eigenvalue weighted by molar-refractivity contribution is -0.139. The molecule has 0 unspecified atom stereocenters. The highest BCUT2D eigenvalue weighted by Gasteiger charge is 2.19. The second kappa shape index (κ2) is 3.79. The Labute approximate surface area is 82.0 Å². The van der Waals surface area contributed by atoms with Gasteiger partial charge in [0.1, 0.15) is 0 Å². The lowest BCUT2D eigenvalue weighted by Crippen LogP contribution is -2.07. The summed E-state index contributed by atoms with van der Waals surface area (Å²) in [7, 11) is 1.76. The van der Waals surface area contributed by atoms with Gasteiger partial charge in [-0.3, -0.25) is 9.48 Å². The molecule has 0 aliphatic carbocycles. The van der Waals surface area contributed by atoms with Gasteiger partial charge in [-0.15, -0.1) is 0 Å². The van der Waals surface area contributed by atoms with E-state index in [4.69, 9.17) is 5.11 Å². The summed E-state index contributed by atoms with van der Waals surface area (Å²) >= 11 is 0. The first kappa shape index (κ1) is 10.7. The Morgan fingerprint density at radius 1 is 1.57 bits per heavy atom. The van der Waals surface area contributed by atoms with Gasteiger partial charge in [0, 0.05) is 18.3 Å². The SMILES string of the molecule is Cc1nn(C)c(C)c1[C@@H](O)CC(=O)O. The van der Waals surface area contributed by atoms with Gasteiger partial charge in [-0.1, -0.05) is 0 Å². The number of aromatic nitrogens is 2. The summed E-state index contributed by atoms with van der Waals surface area (Å²) in [5.74, 6) is -1.01. The summed E-state index contributed by atoms with van der Waals surface area (Å²) in [4.78, 5) is 10.4. The zero-order valence-electron chi connectivity index (χ0n) is 8.48. The molecule has 1 aromatic rings. The highest BCUT2D eigenvalue weighted by Crippen LogP contribution is 2.23. The Morgan fingerprint density at radius 2 is 2.14 bits per heavy atom. The van der Waals surface area contributed by atoms with Crippen molar-refractivity contribution in [2.45, 2.75) is 26.4 Å². The zero-order chi connectivity index (χ0) is 10.9. The first-order chi connectivity index (χ1) is 6.43. The van der Waals surface area contributed by atoms with E-state index in [9.17, 15) is 9.90 Å². The van der Waals surface area contributed by atoms with Crippen molar-refractivity contribution in [1.82, 2.24) is 9.78 Å². The van der Waals surface area contributed by atoms with Gasteiger partial charge in [-0.25, -0.2) is 0 Å². The number of carboxylic acids is 1. The van der Waals surface area contributed by atoms with E-state index >= 15 is 0 Å². The second-order valence-electron chi connectivity index (χ2n) is 3.32. The van der Waals surface area contributed by atoms with E-state index in [0.29, 0.717) is 11.3 Å². The van der Waals surface area contributed by atoms with Crippen LogP contribution in [0.2, 0.25) is 0 Å². The van der Waals surface area contributed by atoms with Crippen LogP contribution in [0.4, 0.5) is 0 Å². The molecule has 78 valence electrons. The predicted molar refractivity (Wildman–Crippen MR) is 49.9 cm³/mol. The lowest BCUT2D eigenvalue weighted by atomic mass is 10.1. The van der Waals surface area contributed by atoms with Crippen molar-refractivity contribution >= 4 is 5.97 Å². The van der Waals surface area contributed by atoms with Crippen molar-refractivity contribution in [2.75, 3.05) is 0 Å². The summed E-state index contributed by atoms with van der Waals surface area (Å²) < 4.78 is 1.63. The van der Waals surface area contributed by atoms with Gasteiger partial charge in [0.2, 0.25) is 0 Å². The van der Waals surface area contributed by atoms with Gasteiger partial charge >= 0.3 is 5.97 Å². The molecular formula is C9H14N2O3. The molecule has 1 atom stereocenters. The monoisotopic (exact) mass is 198 g/mol. The topological polar surface area (TPSA) is 75.3 Å². The molecule has 0 bridgehead atoms. The predicted octanol–water partition coefficient (Wildman–Crippen LogP) is 0.545. The van der Waals surface area contributed by atoms with E-state index in [2.05, 4.69) is 5.10 Å². The third kappa shape index (κ3) is 1.93. The van der Waals surface area contributed by atoms with Crippen LogP contribution in [0.15, 0.2) is 0 Å². The van der Waals surface area contributed by atoms with Crippen LogP contribution in [-0.2, 0) is 11.8 Å². The first-order valence-electron chi connectivity index (χ1n) is 4.33. The fourth-order valence-electron chi connectivity index (χ4n) is 1.54. The molecule has 0 aliphatic rings. The van der Waals surface area contributed by atoms with Crippen LogP contribution < -0.4 is 0 Å². The van der Waals surface area contributed by atoms with E-state index in [1.54, 1.807) is 25.6 Å². The molecule has 0 saturated carbocycles. The van der Waals surface area contributed by atoms with Crippen LogP contribution in [0.3, 0.4) is 0 Å². The average molecular weight is 198 g/mol. The van der Waals surface area contributed by atoms with Gasteiger partial charge in [-0.2, -0.15) is 5.10 Å². The number of hydrogen-bond donors (Lipinski definition) is 2. The maximum Gasteiger partial charge on any atom is 0.306 e. The maximum atomic E-state index is 10.4. The summed E-state index contributed by atoms with van der Waals surface area (Å²) in [6.07, 6.45) is -1.26. The van der Waals surface area contributed by atoms with Crippen molar-refractivity contribution in [3.05, 3.63) is 17.0 Å². The lowest BCUT2D eigenvalue weighted by Gasteiger charge is -2.08. The molecule has 0 fully saturated rings. The Bertz CT molecular complexity index is 357. The number of rotatable bonds is 3. The fourth-order valence-corrected chi connectivity index (χ4v) is 1.54. The van der Waals surface area contributed by atoms with Gasteiger partial charge in [0.15, 0.2) is 0 Å². The van der Waals surface area contributed by atoms with E-state index in [-0.39, 0.29) is 6.42 Å². The highest BCUT2D eigenvalue weighted by atomic mass is 16.4. The molecule has 0 radical (unpaired) electrons. The molecule has 0 saturated heterocycles. The van der Waals surface area contributed by atoms with Crippen LogP contribution in [-0.4, -0.2) is 26.0 Å². The Balaban J connectivity index is 2.99. The molecule has 0 amide bonds. The molecule has 0 aromatic carbocycles. The standard InChI is InChI=1S/C9H14N2O3/c1-5-9(6(2)11(3)10-5)7(12)4-8(13)14/h7,12H,4H2,1-3H3,(H,13,14)/t7-/m0/s1. The average Bonchev–Trinajstić information content (AvgIpc) is 2.25. The number of aryl methyl sites for hydroxylation is 2. The minimum Gasteiger partial charge on any atom is -0.481 e. The van der Waals surface area contributed by atoms with E-state index < -0.39 is 12.1 Å². The normalized spacial score (nSPS) is 12.9. The first-order valence-corrected chi connectivity index (χ1v) is 4.33. The van der Waals surface area contributed by atoms with Crippen molar-refractivity contribution in [2.24, 2.45) is 7.05 Å². The highest BCUT2D eigenvalue weighted by molar-refractivity contribution is 5.67.